The Morgan fingerprint density at radius 1 is 0.611 bits per heavy atom. The molecule has 0 atom stereocenters. The van der Waals surface area contributed by atoms with Crippen LogP contribution in [0.5, 0.6) is 0 Å². The van der Waals surface area contributed by atoms with Crippen molar-refractivity contribution < 1.29 is 13.7 Å². The predicted octanol–water partition coefficient (Wildman–Crippen LogP) is 8.97. The third kappa shape index (κ3) is 3.15. The molecule has 170 valence electrons. The van der Waals surface area contributed by atoms with E-state index in [2.05, 4.69) is 0 Å². The van der Waals surface area contributed by atoms with Gasteiger partial charge in [0.15, 0.2) is 0 Å². The smallest absolute Gasteiger partial charge is 0.111 e. The molecule has 0 radical (unpaired) electrons. The summed E-state index contributed by atoms with van der Waals surface area (Å²) in [6.45, 7) is 1.87. The van der Waals surface area contributed by atoms with Crippen LogP contribution in [0.3, 0.4) is 0 Å². The summed E-state index contributed by atoms with van der Waals surface area (Å²) in [6, 6.07) is 15.8. The lowest BCUT2D eigenvalue weighted by molar-refractivity contribution is 1.00. The Bertz CT molecular complexity index is 2390. The van der Waals surface area contributed by atoms with Gasteiger partial charge in [-0.15, -0.1) is 0 Å². The second-order valence-electron chi connectivity index (χ2n) is 8.51. The predicted molar refractivity (Wildman–Crippen MR) is 152 cm³/mol. The summed E-state index contributed by atoms with van der Waals surface area (Å²) in [5, 5.41) is 1.98. The maximum atomic E-state index is 8.91. The van der Waals surface area contributed by atoms with Crippen LogP contribution in [0.1, 0.15) is 19.5 Å². The van der Waals surface area contributed by atoms with Gasteiger partial charge in [0.2, 0.25) is 0 Å². The number of fused-ring (bicyclic) bond motifs is 3. The molecule has 6 aromatic carbocycles. The minimum absolute atomic E-state index is 0.00386. The van der Waals surface area contributed by atoms with Gasteiger partial charge in [0.25, 0.3) is 0 Å². The van der Waals surface area contributed by atoms with Gasteiger partial charge in [-0.3, -0.25) is 4.57 Å². The van der Waals surface area contributed by atoms with Gasteiger partial charge in [0.05, 0.1) is 24.7 Å². The Balaban J connectivity index is 1.74. The Morgan fingerprint density at radius 2 is 1.17 bits per heavy atom. The van der Waals surface area contributed by atoms with Crippen LogP contribution < -0.4 is 0 Å². The van der Waals surface area contributed by atoms with Gasteiger partial charge in [-0.25, -0.2) is 4.98 Å². The van der Waals surface area contributed by atoms with Crippen LogP contribution in [-0.4, -0.2) is 9.55 Å². The summed E-state index contributed by atoms with van der Waals surface area (Å²) in [5.41, 5.74) is 3.09. The molecule has 0 saturated carbocycles. The molecular formula is C34H24N2. The molecule has 2 nitrogen and oxygen atoms in total. The lowest BCUT2D eigenvalue weighted by Gasteiger charge is -2.19. The molecule has 7 aromatic rings. The first-order valence-electron chi connectivity index (χ1n) is 16.5. The van der Waals surface area contributed by atoms with Gasteiger partial charge in [-0.1, -0.05) is 103 Å². The molecule has 0 aliphatic heterocycles. The minimum atomic E-state index is -0.510. The first kappa shape index (κ1) is 12.9. The Kier molecular flexibility index (Phi) is 2.93. The van der Waals surface area contributed by atoms with E-state index in [1.807, 2.05) is 47.9 Å². The van der Waals surface area contributed by atoms with Crippen molar-refractivity contribution in [2.45, 2.75) is 6.92 Å². The first-order chi connectivity index (χ1) is 21.9. The molecule has 0 amide bonds. The van der Waals surface area contributed by atoms with E-state index in [1.165, 1.54) is 0 Å². The van der Waals surface area contributed by atoms with Crippen LogP contribution in [-0.2, 0) is 0 Å². The van der Waals surface area contributed by atoms with E-state index in [4.69, 9.17) is 18.7 Å². The summed E-state index contributed by atoms with van der Waals surface area (Å²) < 4.78 is 87.5. The molecule has 0 aliphatic rings. The van der Waals surface area contributed by atoms with E-state index in [0.29, 0.717) is 44.2 Å². The average molecular weight is 471 g/mol. The Hall–Kier alpha value is -4.69. The molecule has 7 rings (SSSR count). The molecular weight excluding hydrogens is 436 g/mol. The fourth-order valence-corrected chi connectivity index (χ4v) is 5.07. The van der Waals surface area contributed by atoms with Crippen molar-refractivity contribution in [3.8, 4) is 27.9 Å². The second kappa shape index (κ2) is 8.21. The van der Waals surface area contributed by atoms with Gasteiger partial charge < -0.3 is 0 Å². The zero-order valence-electron chi connectivity index (χ0n) is 29.2. The van der Waals surface area contributed by atoms with Crippen molar-refractivity contribution in [1.82, 2.24) is 9.55 Å². The number of nitrogens with zero attached hydrogens (tertiary/aromatic N) is 2. The van der Waals surface area contributed by atoms with Gasteiger partial charge in [-0.05, 0) is 75.0 Å². The SMILES string of the molecule is [2H]c1c([2H])c([2H])c(-c2c3ccccc3c(-c3c([2H])c([2H])c([2H])c([2H])c3[2H])c3cc(-n4c(C)nc5ccccc54)ccc23)c([2H])c1[2H]. The highest BCUT2D eigenvalue weighted by atomic mass is 15.1. The van der Waals surface area contributed by atoms with Crippen LogP contribution >= 0.6 is 0 Å². The number of imidazole rings is 1. The highest BCUT2D eigenvalue weighted by Gasteiger charge is 2.18. The molecule has 0 saturated heterocycles. The fraction of sp³-hybridized carbons (Fsp3) is 0.0294. The molecule has 0 fully saturated rings. The number of aromatic nitrogens is 2. The molecule has 36 heavy (non-hydrogen) atoms. The number of rotatable bonds is 3. The third-order valence-electron chi connectivity index (χ3n) is 6.49. The van der Waals surface area contributed by atoms with Crippen LogP contribution in [0.4, 0.5) is 0 Å². The van der Waals surface area contributed by atoms with Crippen LogP contribution in [0.15, 0.2) is 127 Å². The number of hydrogen-bond donors (Lipinski definition) is 0. The van der Waals surface area contributed by atoms with Crippen molar-refractivity contribution in [1.29, 1.82) is 0 Å². The van der Waals surface area contributed by atoms with E-state index in [1.54, 1.807) is 30.3 Å². The van der Waals surface area contributed by atoms with Crippen molar-refractivity contribution in [2.24, 2.45) is 0 Å². The zero-order valence-corrected chi connectivity index (χ0v) is 19.2. The lowest BCUT2D eigenvalue weighted by atomic mass is 9.86. The maximum absolute atomic E-state index is 8.91. The summed E-state index contributed by atoms with van der Waals surface area (Å²) in [5.74, 6) is 0.705. The normalized spacial score (nSPS) is 15.4. The van der Waals surface area contributed by atoms with E-state index in [9.17, 15) is 0 Å². The van der Waals surface area contributed by atoms with Gasteiger partial charge in [0, 0.05) is 5.69 Å². The molecule has 0 unspecified atom stereocenters. The van der Waals surface area contributed by atoms with Crippen LogP contribution in [0.25, 0.3) is 60.5 Å². The largest absolute Gasteiger partial charge is 0.297 e. The van der Waals surface area contributed by atoms with Crippen molar-refractivity contribution in [3.05, 3.63) is 133 Å². The molecule has 0 aliphatic carbocycles. The molecule has 0 N–H and O–H groups in total. The van der Waals surface area contributed by atoms with E-state index < -0.39 is 36.3 Å². The monoisotopic (exact) mass is 470 g/mol. The van der Waals surface area contributed by atoms with Gasteiger partial charge in [0.1, 0.15) is 5.82 Å². The molecule has 0 bridgehead atoms. The second-order valence-corrected chi connectivity index (χ2v) is 8.51. The summed E-state index contributed by atoms with van der Waals surface area (Å²) >= 11 is 0. The standard InChI is InChI=1S/C34H24N2/c1-23-35-31-18-10-11-19-32(31)36(23)26-20-21-29-30(22-26)34(25-14-6-3-7-15-25)28-17-9-8-16-27(28)33(29)24-12-4-2-5-13-24/h2-22H,1H3/i2D,3D,4D,5D,6D,7D,12D,13D,14D,15D. The van der Waals surface area contributed by atoms with Crippen LogP contribution in [0, 0.1) is 6.92 Å². The molecule has 0 spiro atoms. The number of benzene rings is 6. The average Bonchev–Trinajstić information content (AvgIpc) is 3.40. The zero-order chi connectivity index (χ0) is 32.8. The number of aryl methyl sites for hydroxylation is 1. The highest BCUT2D eigenvalue weighted by molar-refractivity contribution is 6.21. The third-order valence-corrected chi connectivity index (χ3v) is 6.49. The van der Waals surface area contributed by atoms with Gasteiger partial charge >= 0.3 is 0 Å². The Morgan fingerprint density at radius 3 is 1.83 bits per heavy atom. The summed E-state index contributed by atoms with van der Waals surface area (Å²) in [7, 11) is 0. The topological polar surface area (TPSA) is 17.8 Å². The van der Waals surface area contributed by atoms with Crippen molar-refractivity contribution >= 4 is 32.6 Å². The number of para-hydroxylation sites is 2. The fourth-order valence-electron chi connectivity index (χ4n) is 5.07. The molecule has 1 heterocycles. The highest BCUT2D eigenvalue weighted by Crippen LogP contribution is 2.44. The van der Waals surface area contributed by atoms with Crippen LogP contribution in [0.2, 0.25) is 0 Å². The molecule has 1 aromatic heterocycles. The minimum Gasteiger partial charge on any atom is -0.297 e. The first-order valence-corrected chi connectivity index (χ1v) is 11.5. The maximum Gasteiger partial charge on any atom is 0.111 e. The van der Waals surface area contributed by atoms with E-state index >= 15 is 0 Å². The Labute approximate surface area is 224 Å². The van der Waals surface area contributed by atoms with Gasteiger partial charge in [-0.2, -0.15) is 0 Å². The summed E-state index contributed by atoms with van der Waals surface area (Å²) in [4.78, 5) is 4.70. The van der Waals surface area contributed by atoms with E-state index in [-0.39, 0.29) is 35.3 Å². The molecule has 2 heteroatoms. The number of hydrogen-bond acceptors (Lipinski definition) is 1. The quantitative estimate of drug-likeness (QED) is 0.236. The summed E-state index contributed by atoms with van der Waals surface area (Å²) in [6.07, 6.45) is 0. The van der Waals surface area contributed by atoms with Crippen molar-refractivity contribution in [3.63, 3.8) is 0 Å². The lowest BCUT2D eigenvalue weighted by Crippen LogP contribution is -1.98. The van der Waals surface area contributed by atoms with Crippen molar-refractivity contribution in [2.75, 3.05) is 0 Å². The van der Waals surface area contributed by atoms with E-state index in [0.717, 1.165) is 11.0 Å².